The highest BCUT2D eigenvalue weighted by Gasteiger charge is 2.27. The summed E-state index contributed by atoms with van der Waals surface area (Å²) in [5, 5.41) is 0. The van der Waals surface area contributed by atoms with Gasteiger partial charge in [-0.2, -0.15) is 0 Å². The van der Waals surface area contributed by atoms with Crippen LogP contribution >= 0.6 is 7.82 Å². The summed E-state index contributed by atoms with van der Waals surface area (Å²) in [7, 11) is 1.50. The molecular weight excluding hydrogens is 930 g/mol. The summed E-state index contributed by atoms with van der Waals surface area (Å²) in [4.78, 5) is 35.6. The number of likely N-dealkylation sites (N-methyl/N-ethyl adjacent to an activating group) is 1. The molecule has 2 atom stereocenters. The largest absolute Gasteiger partial charge is 0.472 e. The van der Waals surface area contributed by atoms with Crippen LogP contribution in [0, 0.1) is 0 Å². The van der Waals surface area contributed by atoms with Crippen molar-refractivity contribution in [3.05, 3.63) is 0 Å². The van der Waals surface area contributed by atoms with E-state index in [4.69, 9.17) is 18.5 Å². The van der Waals surface area contributed by atoms with Gasteiger partial charge < -0.3 is 18.9 Å². The number of ether oxygens (including phenoxy) is 2. The molecule has 0 aromatic carbocycles. The lowest BCUT2D eigenvalue weighted by molar-refractivity contribution is -0.870. The summed E-state index contributed by atoms with van der Waals surface area (Å²) >= 11 is 0. The molecule has 0 radical (unpaired) electrons. The Labute approximate surface area is 454 Å². The normalized spacial score (nSPS) is 13.1. The lowest BCUT2D eigenvalue weighted by atomic mass is 10.0. The van der Waals surface area contributed by atoms with Gasteiger partial charge in [0.1, 0.15) is 19.8 Å². The molecule has 0 aromatic heterocycles. The number of carbonyl (C=O) groups excluding carboxylic acids is 2. The third-order valence-electron chi connectivity index (χ3n) is 14.9. The number of hydrogen-bond donors (Lipinski definition) is 1. The van der Waals surface area contributed by atoms with Crippen molar-refractivity contribution in [2.75, 3.05) is 47.5 Å². The molecule has 0 aromatic rings. The monoisotopic (exact) mass is 1060 g/mol. The van der Waals surface area contributed by atoms with E-state index in [0.29, 0.717) is 17.4 Å². The van der Waals surface area contributed by atoms with Gasteiger partial charge in [0, 0.05) is 12.8 Å². The van der Waals surface area contributed by atoms with Crippen LogP contribution in [0.1, 0.15) is 341 Å². The van der Waals surface area contributed by atoms with Crippen molar-refractivity contribution in [3.8, 4) is 0 Å². The maximum Gasteiger partial charge on any atom is 0.472 e. The van der Waals surface area contributed by atoms with Crippen LogP contribution in [0.5, 0.6) is 0 Å². The van der Waals surface area contributed by atoms with Crippen LogP contribution in [0.2, 0.25) is 0 Å². The maximum atomic E-state index is 12.8. The van der Waals surface area contributed by atoms with Gasteiger partial charge in [0.05, 0.1) is 27.7 Å². The van der Waals surface area contributed by atoms with Crippen molar-refractivity contribution in [2.45, 2.75) is 347 Å². The number of nitrogens with zero attached hydrogens (tertiary/aromatic N) is 1. The maximum absolute atomic E-state index is 12.8. The van der Waals surface area contributed by atoms with E-state index < -0.39 is 26.5 Å². The predicted molar refractivity (Wildman–Crippen MR) is 312 cm³/mol. The first-order valence-electron chi connectivity index (χ1n) is 32.3. The van der Waals surface area contributed by atoms with E-state index in [1.54, 1.807) is 0 Å². The van der Waals surface area contributed by atoms with Crippen LogP contribution in [0.25, 0.3) is 0 Å². The second kappa shape index (κ2) is 55.8. The van der Waals surface area contributed by atoms with Crippen molar-refractivity contribution in [1.82, 2.24) is 0 Å². The topological polar surface area (TPSA) is 108 Å². The molecule has 0 aliphatic carbocycles. The van der Waals surface area contributed by atoms with Gasteiger partial charge in [0.2, 0.25) is 0 Å². The van der Waals surface area contributed by atoms with Crippen LogP contribution in [0.15, 0.2) is 0 Å². The first-order valence-corrected chi connectivity index (χ1v) is 33.8. The van der Waals surface area contributed by atoms with E-state index in [1.165, 1.54) is 276 Å². The van der Waals surface area contributed by atoms with E-state index >= 15 is 0 Å². The van der Waals surface area contributed by atoms with E-state index in [2.05, 4.69) is 13.8 Å². The molecule has 9 nitrogen and oxygen atoms in total. The number of hydrogen-bond acceptors (Lipinski definition) is 7. The first kappa shape index (κ1) is 72.0. The zero-order chi connectivity index (χ0) is 53.5. The van der Waals surface area contributed by atoms with Crippen molar-refractivity contribution in [1.29, 1.82) is 0 Å². The lowest BCUT2D eigenvalue weighted by Crippen LogP contribution is -2.37. The van der Waals surface area contributed by atoms with Crippen molar-refractivity contribution < 1.29 is 42.1 Å². The van der Waals surface area contributed by atoms with Gasteiger partial charge >= 0.3 is 19.8 Å². The lowest BCUT2D eigenvalue weighted by Gasteiger charge is -2.24. The molecular formula is C63H127NO8P+. The highest BCUT2D eigenvalue weighted by atomic mass is 31.2. The molecule has 0 saturated carbocycles. The molecule has 0 saturated heterocycles. The average molecular weight is 1060 g/mol. The van der Waals surface area contributed by atoms with Gasteiger partial charge in [-0.1, -0.05) is 316 Å². The Balaban J connectivity index is 3.86. The number of quaternary nitrogens is 1. The first-order chi connectivity index (χ1) is 35.5. The minimum absolute atomic E-state index is 0.0373. The van der Waals surface area contributed by atoms with Crippen molar-refractivity contribution in [2.24, 2.45) is 0 Å². The zero-order valence-electron chi connectivity index (χ0n) is 49.7. The Bertz CT molecular complexity index is 1200. The number of unbranched alkanes of at least 4 members (excludes halogenated alkanes) is 47. The molecule has 0 heterocycles. The highest BCUT2D eigenvalue weighted by Crippen LogP contribution is 2.43. The van der Waals surface area contributed by atoms with Gasteiger partial charge in [-0.05, 0) is 12.8 Å². The smallest absolute Gasteiger partial charge is 0.462 e. The quantitative estimate of drug-likeness (QED) is 0.0278. The van der Waals surface area contributed by atoms with Crippen LogP contribution in [0.3, 0.4) is 0 Å². The van der Waals surface area contributed by atoms with Gasteiger partial charge in [0.25, 0.3) is 0 Å². The van der Waals surface area contributed by atoms with Crippen LogP contribution in [0.4, 0.5) is 0 Å². The summed E-state index contributed by atoms with van der Waals surface area (Å²) in [6, 6.07) is 0. The minimum Gasteiger partial charge on any atom is -0.462 e. The highest BCUT2D eigenvalue weighted by molar-refractivity contribution is 7.47. The summed E-state index contributed by atoms with van der Waals surface area (Å²) in [6.07, 6.45) is 65.0. The van der Waals surface area contributed by atoms with Crippen LogP contribution < -0.4 is 0 Å². The van der Waals surface area contributed by atoms with E-state index in [9.17, 15) is 19.0 Å². The molecule has 73 heavy (non-hydrogen) atoms. The molecule has 0 aliphatic rings. The van der Waals surface area contributed by atoms with E-state index in [0.717, 1.165) is 38.5 Å². The summed E-state index contributed by atoms with van der Waals surface area (Å²) < 4.78 is 34.6. The molecule has 0 spiro atoms. The minimum atomic E-state index is -4.38. The predicted octanol–water partition coefficient (Wildman–Crippen LogP) is 20.2. The van der Waals surface area contributed by atoms with Gasteiger partial charge in [-0.15, -0.1) is 0 Å². The summed E-state index contributed by atoms with van der Waals surface area (Å²) in [5.41, 5.74) is 0. The molecule has 0 amide bonds. The Hall–Kier alpha value is -0.990. The summed E-state index contributed by atoms with van der Waals surface area (Å²) in [6.45, 7) is 4.50. The van der Waals surface area contributed by atoms with E-state index in [1.807, 2.05) is 21.1 Å². The number of phosphoric acid groups is 1. The Kier molecular flexibility index (Phi) is 55.0. The second-order valence-electron chi connectivity index (χ2n) is 23.5. The molecule has 0 bridgehead atoms. The van der Waals surface area contributed by atoms with Crippen molar-refractivity contribution in [3.63, 3.8) is 0 Å². The molecule has 1 N–H and O–H groups in total. The standard InChI is InChI=1S/C63H126NO8P/c1-6-8-10-12-14-16-18-20-21-22-23-24-25-26-27-28-29-30-31-32-33-34-35-36-37-38-39-40-41-42-44-46-48-50-52-54-56-63(66)72-61(60-71-73(67,68)70-58-57-64(3,4)5)59-69-62(65)55-53-51-49-47-45-43-19-17-15-13-11-9-7-2/h61H,6-60H2,1-5H3/p+1. The number of phosphoric ester groups is 1. The average Bonchev–Trinajstić information content (AvgIpc) is 3.35. The molecule has 436 valence electrons. The Morgan fingerprint density at radius 3 is 0.877 bits per heavy atom. The molecule has 0 rings (SSSR count). The fourth-order valence-corrected chi connectivity index (χ4v) is 10.6. The van der Waals surface area contributed by atoms with Gasteiger partial charge in [0.15, 0.2) is 6.10 Å². The fraction of sp³-hybridized carbons (Fsp3) is 0.968. The summed E-state index contributed by atoms with van der Waals surface area (Å²) in [5.74, 6) is -0.775. The van der Waals surface area contributed by atoms with Crippen molar-refractivity contribution >= 4 is 19.8 Å². The molecule has 2 unspecified atom stereocenters. The molecule has 0 fully saturated rings. The fourth-order valence-electron chi connectivity index (χ4n) is 9.90. The zero-order valence-corrected chi connectivity index (χ0v) is 50.6. The van der Waals surface area contributed by atoms with E-state index in [-0.39, 0.29) is 25.6 Å². The number of carbonyl (C=O) groups is 2. The van der Waals surface area contributed by atoms with Crippen LogP contribution in [-0.4, -0.2) is 74.9 Å². The van der Waals surface area contributed by atoms with Gasteiger partial charge in [-0.3, -0.25) is 18.6 Å². The molecule has 10 heteroatoms. The third kappa shape index (κ3) is 60.1. The second-order valence-corrected chi connectivity index (χ2v) is 25.0. The molecule has 0 aliphatic heterocycles. The third-order valence-corrected chi connectivity index (χ3v) is 15.9. The Morgan fingerprint density at radius 1 is 0.370 bits per heavy atom. The number of rotatable bonds is 61. The van der Waals surface area contributed by atoms with Crippen LogP contribution in [-0.2, 0) is 32.7 Å². The number of esters is 2. The van der Waals surface area contributed by atoms with Gasteiger partial charge in [-0.25, -0.2) is 4.57 Å². The Morgan fingerprint density at radius 2 is 0.616 bits per heavy atom. The SMILES string of the molecule is CCCCCCCCCCCCCCCCCCCCCCCCCCCCCCCCCCCCCCC(=O)OC(COC(=O)CCCCCCCCCCCCCCC)COP(=O)(O)OCC[N+](C)(C)C.